The summed E-state index contributed by atoms with van der Waals surface area (Å²) in [6.45, 7) is 3.93. The first-order chi connectivity index (χ1) is 9.51. The van der Waals surface area contributed by atoms with E-state index in [1.54, 1.807) is 0 Å². The molecular weight excluding hydrogens is 322 g/mol. The van der Waals surface area contributed by atoms with E-state index in [2.05, 4.69) is 36.6 Å². The Morgan fingerprint density at radius 1 is 1.20 bits per heavy atom. The highest BCUT2D eigenvalue weighted by atomic mass is 79.9. The number of carbonyl (C=O) groups excluding carboxylic acids is 1. The molecule has 1 amide bonds. The zero-order valence-electron chi connectivity index (χ0n) is 11.1. The third kappa shape index (κ3) is 3.12. The fourth-order valence-corrected chi connectivity index (χ4v) is 1.96. The highest BCUT2D eigenvalue weighted by Crippen LogP contribution is 2.25. The number of nitrogen functional groups attached to an aromatic ring is 1. The second-order valence-electron chi connectivity index (χ2n) is 4.31. The van der Waals surface area contributed by atoms with Crippen molar-refractivity contribution in [3.8, 4) is 0 Å². The molecule has 20 heavy (non-hydrogen) atoms. The number of rotatable bonds is 3. The van der Waals surface area contributed by atoms with Gasteiger partial charge in [-0.1, -0.05) is 15.9 Å². The van der Waals surface area contributed by atoms with Gasteiger partial charge >= 0.3 is 0 Å². The van der Waals surface area contributed by atoms with Gasteiger partial charge in [0.2, 0.25) is 0 Å². The Kier molecular flexibility index (Phi) is 4.31. The molecule has 0 atom stereocenters. The number of nitrogens with two attached hydrogens (primary N) is 1. The van der Waals surface area contributed by atoms with Gasteiger partial charge in [0.1, 0.15) is 5.69 Å². The van der Waals surface area contributed by atoms with Crippen molar-refractivity contribution in [1.82, 2.24) is 9.97 Å². The Balaban J connectivity index is 2.18. The van der Waals surface area contributed by atoms with E-state index in [-0.39, 0.29) is 11.6 Å². The van der Waals surface area contributed by atoms with Gasteiger partial charge in [0.05, 0.1) is 12.4 Å². The molecule has 0 saturated heterocycles. The average Bonchev–Trinajstić information content (AvgIpc) is 2.44. The van der Waals surface area contributed by atoms with Crippen molar-refractivity contribution < 1.29 is 4.79 Å². The first-order valence-electron chi connectivity index (χ1n) is 5.88. The molecule has 0 saturated carbocycles. The molecule has 6 nitrogen and oxygen atoms in total. The van der Waals surface area contributed by atoms with E-state index in [0.29, 0.717) is 5.82 Å². The molecule has 0 aliphatic heterocycles. The monoisotopic (exact) mass is 335 g/mol. The first-order valence-corrected chi connectivity index (χ1v) is 6.67. The second kappa shape index (κ2) is 5.98. The number of benzene rings is 1. The Bertz CT molecular complexity index is 619. The fourth-order valence-electron chi connectivity index (χ4n) is 1.73. The zero-order valence-corrected chi connectivity index (χ0v) is 12.7. The van der Waals surface area contributed by atoms with Gasteiger partial charge in [-0.15, -0.1) is 0 Å². The normalized spacial score (nSPS) is 10.2. The van der Waals surface area contributed by atoms with Crippen molar-refractivity contribution in [3.05, 3.63) is 45.8 Å². The molecule has 1 aromatic heterocycles. The Labute approximate surface area is 124 Å². The average molecular weight is 336 g/mol. The van der Waals surface area contributed by atoms with Crippen LogP contribution in [0.2, 0.25) is 0 Å². The SMILES string of the molecule is Cc1cc(NC(=O)c2cnc(NN)cn2)cc(C)c1Br. The number of halogens is 1. The molecule has 7 heteroatoms. The molecule has 0 bridgehead atoms. The van der Waals surface area contributed by atoms with Crippen LogP contribution in [0.4, 0.5) is 11.5 Å². The third-order valence-corrected chi connectivity index (χ3v) is 3.98. The summed E-state index contributed by atoms with van der Waals surface area (Å²) in [5, 5.41) is 2.79. The van der Waals surface area contributed by atoms with Crippen molar-refractivity contribution in [2.75, 3.05) is 10.7 Å². The number of nitrogens with zero attached hydrogens (tertiary/aromatic N) is 2. The summed E-state index contributed by atoms with van der Waals surface area (Å²) < 4.78 is 1.04. The van der Waals surface area contributed by atoms with E-state index in [1.807, 2.05) is 26.0 Å². The molecule has 104 valence electrons. The van der Waals surface area contributed by atoms with E-state index in [0.717, 1.165) is 21.3 Å². The summed E-state index contributed by atoms with van der Waals surface area (Å²) in [5.41, 5.74) is 5.40. The topological polar surface area (TPSA) is 92.9 Å². The molecule has 0 radical (unpaired) electrons. The Morgan fingerprint density at radius 3 is 2.35 bits per heavy atom. The molecule has 4 N–H and O–H groups in total. The summed E-state index contributed by atoms with van der Waals surface area (Å²) in [6, 6.07) is 3.77. The molecule has 0 aliphatic carbocycles. The van der Waals surface area contributed by atoms with Gasteiger partial charge in [-0.3, -0.25) is 4.79 Å². The smallest absolute Gasteiger partial charge is 0.275 e. The van der Waals surface area contributed by atoms with E-state index >= 15 is 0 Å². The van der Waals surface area contributed by atoms with Crippen molar-refractivity contribution in [3.63, 3.8) is 0 Å². The number of hydrazine groups is 1. The maximum Gasteiger partial charge on any atom is 0.275 e. The predicted octanol–water partition coefficient (Wildman–Crippen LogP) is 2.39. The minimum Gasteiger partial charge on any atom is -0.321 e. The third-order valence-electron chi connectivity index (χ3n) is 2.73. The fraction of sp³-hybridized carbons (Fsp3) is 0.154. The predicted molar refractivity (Wildman–Crippen MR) is 81.4 cm³/mol. The quantitative estimate of drug-likeness (QED) is 0.591. The molecule has 0 spiro atoms. The summed E-state index contributed by atoms with van der Waals surface area (Å²) in [5.74, 6) is 5.27. The minimum atomic E-state index is -0.317. The van der Waals surface area contributed by atoms with Crippen LogP contribution in [-0.2, 0) is 0 Å². The van der Waals surface area contributed by atoms with Crippen LogP contribution in [-0.4, -0.2) is 15.9 Å². The molecule has 2 rings (SSSR count). The number of hydrogen-bond donors (Lipinski definition) is 3. The lowest BCUT2D eigenvalue weighted by Crippen LogP contribution is -2.15. The largest absolute Gasteiger partial charge is 0.321 e. The number of aromatic nitrogens is 2. The van der Waals surface area contributed by atoms with Crippen LogP contribution in [0.15, 0.2) is 29.0 Å². The van der Waals surface area contributed by atoms with Crippen LogP contribution in [0, 0.1) is 13.8 Å². The standard InChI is InChI=1S/C13H14BrN5O/c1-7-3-9(4-8(2)12(7)14)18-13(20)10-5-17-11(19-15)6-16-10/h3-6H,15H2,1-2H3,(H,17,19)(H,18,20). The number of carbonyl (C=O) groups is 1. The van der Waals surface area contributed by atoms with Gasteiger partial charge in [-0.05, 0) is 37.1 Å². The lowest BCUT2D eigenvalue weighted by atomic mass is 10.1. The maximum atomic E-state index is 12.0. The highest BCUT2D eigenvalue weighted by Gasteiger charge is 2.10. The van der Waals surface area contributed by atoms with Gasteiger partial charge in [0.25, 0.3) is 5.91 Å². The molecule has 2 aromatic rings. The molecular formula is C13H14BrN5O. The lowest BCUT2D eigenvalue weighted by Gasteiger charge is -2.09. The zero-order chi connectivity index (χ0) is 14.7. The highest BCUT2D eigenvalue weighted by molar-refractivity contribution is 9.10. The number of anilines is 2. The van der Waals surface area contributed by atoms with Crippen molar-refractivity contribution in [2.45, 2.75) is 13.8 Å². The summed E-state index contributed by atoms with van der Waals surface area (Å²) in [4.78, 5) is 20.0. The summed E-state index contributed by atoms with van der Waals surface area (Å²) in [6.07, 6.45) is 2.76. The van der Waals surface area contributed by atoms with Crippen LogP contribution in [0.1, 0.15) is 21.6 Å². The molecule has 0 fully saturated rings. The van der Waals surface area contributed by atoms with E-state index in [1.165, 1.54) is 12.4 Å². The van der Waals surface area contributed by atoms with Crippen LogP contribution in [0.5, 0.6) is 0 Å². The lowest BCUT2D eigenvalue weighted by molar-refractivity contribution is 0.102. The number of nitrogens with one attached hydrogen (secondary N) is 2. The van der Waals surface area contributed by atoms with Gasteiger partial charge in [-0.2, -0.15) is 0 Å². The van der Waals surface area contributed by atoms with Crippen LogP contribution >= 0.6 is 15.9 Å². The van der Waals surface area contributed by atoms with E-state index < -0.39 is 0 Å². The molecule has 0 aliphatic rings. The van der Waals surface area contributed by atoms with E-state index in [9.17, 15) is 4.79 Å². The van der Waals surface area contributed by atoms with Gasteiger partial charge in [-0.25, -0.2) is 15.8 Å². The van der Waals surface area contributed by atoms with Crippen molar-refractivity contribution >= 4 is 33.3 Å². The molecule has 0 unspecified atom stereocenters. The summed E-state index contributed by atoms with van der Waals surface area (Å²) in [7, 11) is 0. The number of aryl methyl sites for hydroxylation is 2. The van der Waals surface area contributed by atoms with Crippen LogP contribution < -0.4 is 16.6 Å². The van der Waals surface area contributed by atoms with Crippen LogP contribution in [0.25, 0.3) is 0 Å². The van der Waals surface area contributed by atoms with Crippen LogP contribution in [0.3, 0.4) is 0 Å². The maximum absolute atomic E-state index is 12.0. The van der Waals surface area contributed by atoms with Gasteiger partial charge < -0.3 is 10.7 Å². The molecule has 1 aromatic carbocycles. The minimum absolute atomic E-state index is 0.224. The first kappa shape index (κ1) is 14.4. The van der Waals surface area contributed by atoms with Crippen molar-refractivity contribution in [2.24, 2.45) is 5.84 Å². The second-order valence-corrected chi connectivity index (χ2v) is 5.10. The van der Waals surface area contributed by atoms with Crippen molar-refractivity contribution in [1.29, 1.82) is 0 Å². The summed E-state index contributed by atoms with van der Waals surface area (Å²) >= 11 is 3.49. The van der Waals surface area contributed by atoms with E-state index in [4.69, 9.17) is 5.84 Å². The van der Waals surface area contributed by atoms with Gasteiger partial charge in [0, 0.05) is 10.2 Å². The number of hydrogen-bond acceptors (Lipinski definition) is 5. The Hall–Kier alpha value is -1.99. The molecule has 1 heterocycles. The van der Waals surface area contributed by atoms with Gasteiger partial charge in [0.15, 0.2) is 5.82 Å². The Morgan fingerprint density at radius 2 is 1.85 bits per heavy atom. The number of amides is 1.